The summed E-state index contributed by atoms with van der Waals surface area (Å²) in [6.45, 7) is 5.60. The van der Waals surface area contributed by atoms with Crippen LogP contribution in [0.4, 0.5) is 10.1 Å². The Labute approximate surface area is 300 Å². The summed E-state index contributed by atoms with van der Waals surface area (Å²) in [5.41, 5.74) is 0.312. The monoisotopic (exact) mass is 740 g/mol. The van der Waals surface area contributed by atoms with Gasteiger partial charge in [0.05, 0.1) is 38.0 Å². The lowest BCUT2D eigenvalue weighted by atomic mass is 9.79. The third-order valence-electron chi connectivity index (χ3n) is 9.57. The summed E-state index contributed by atoms with van der Waals surface area (Å²) in [4.78, 5) is 18.2. The summed E-state index contributed by atoms with van der Waals surface area (Å²) in [7, 11) is -4.22. The average Bonchev–Trinajstić information content (AvgIpc) is 3.82. The van der Waals surface area contributed by atoms with Crippen LogP contribution >= 0.6 is 11.6 Å². The normalized spacial score (nSPS) is 20.4. The first-order valence-electron chi connectivity index (χ1n) is 16.7. The molecule has 2 fully saturated rings. The average molecular weight is 741 g/mol. The zero-order valence-corrected chi connectivity index (χ0v) is 30.9. The fourth-order valence-electron chi connectivity index (χ4n) is 6.44. The first-order chi connectivity index (χ1) is 23.7. The maximum atomic E-state index is 15.6. The van der Waals surface area contributed by atoms with Gasteiger partial charge >= 0.3 is 0 Å². The summed E-state index contributed by atoms with van der Waals surface area (Å²) in [6, 6.07) is 16.9. The number of aromatic nitrogens is 1. The van der Waals surface area contributed by atoms with Gasteiger partial charge in [0.1, 0.15) is 11.9 Å². The Morgan fingerprint density at radius 2 is 1.72 bits per heavy atom. The molecule has 6 rings (SSSR count). The van der Waals surface area contributed by atoms with Gasteiger partial charge in [0.25, 0.3) is 0 Å². The van der Waals surface area contributed by atoms with Crippen molar-refractivity contribution in [3.63, 3.8) is 0 Å². The van der Waals surface area contributed by atoms with Crippen LogP contribution in [0.2, 0.25) is 5.02 Å². The van der Waals surface area contributed by atoms with Crippen LogP contribution in [0.15, 0.2) is 84.0 Å². The van der Waals surface area contributed by atoms with Gasteiger partial charge in [0.2, 0.25) is 15.9 Å². The van der Waals surface area contributed by atoms with Gasteiger partial charge in [-0.2, -0.15) is 4.31 Å². The Hall–Kier alpha value is -3.26. The Bertz CT molecular complexity index is 2020. The first-order valence-corrected chi connectivity index (χ1v) is 19.6. The lowest BCUT2D eigenvalue weighted by Crippen LogP contribution is -2.49. The molecule has 13 heteroatoms. The standard InChI is InChI=1S/C37H42ClFN4O5S2/c1-36(2,3)49(45)42-37(16-13-24-5-6-24,27-14-17-40-18-15-27)28-9-12-32(39)33(21-28)41-35(44)34-22-30(48-4)23-43(34)50(46,47)31-11-8-25-19-29(38)10-7-26(25)20-31/h7-12,14-15,17-21,24,30,34,42H,5-6,13,16,22-23H2,1-4H3,(H,41,44)/t30-,34+,37?,49+/m0/s1. The molecule has 0 radical (unpaired) electrons. The number of sulfonamides is 1. The highest BCUT2D eigenvalue weighted by atomic mass is 35.5. The Morgan fingerprint density at radius 3 is 2.40 bits per heavy atom. The quantitative estimate of drug-likeness (QED) is 0.163. The summed E-state index contributed by atoms with van der Waals surface area (Å²) in [5, 5.41) is 4.69. The number of nitrogens with one attached hydrogen (secondary N) is 2. The molecule has 2 N–H and O–H groups in total. The molecule has 2 heterocycles. The Kier molecular flexibility index (Phi) is 10.5. The van der Waals surface area contributed by atoms with Crippen molar-refractivity contribution in [3.8, 4) is 0 Å². The van der Waals surface area contributed by atoms with E-state index in [0.29, 0.717) is 28.3 Å². The van der Waals surface area contributed by atoms with E-state index in [1.807, 2.05) is 32.9 Å². The number of amides is 1. The highest BCUT2D eigenvalue weighted by Gasteiger charge is 2.45. The maximum Gasteiger partial charge on any atom is 0.243 e. The number of methoxy groups -OCH3 is 1. The van der Waals surface area contributed by atoms with Crippen molar-refractivity contribution in [2.45, 2.75) is 80.2 Å². The minimum atomic E-state index is -4.17. The van der Waals surface area contributed by atoms with Crippen LogP contribution in [0.3, 0.4) is 0 Å². The number of carbonyl (C=O) groups is 1. The van der Waals surface area contributed by atoms with Gasteiger partial charge in [-0.05, 0) is 110 Å². The number of nitrogens with zero attached hydrogens (tertiary/aromatic N) is 2. The predicted molar refractivity (Wildman–Crippen MR) is 195 cm³/mol. The fourth-order valence-corrected chi connectivity index (χ4v) is 9.24. The minimum absolute atomic E-state index is 0.0192. The molecule has 1 amide bonds. The number of carbonyl (C=O) groups excluding carboxylic acids is 1. The van der Waals surface area contributed by atoms with Crippen LogP contribution in [-0.4, -0.2) is 58.4 Å². The smallest absolute Gasteiger partial charge is 0.243 e. The third kappa shape index (κ3) is 7.66. The lowest BCUT2D eigenvalue weighted by molar-refractivity contribution is -0.119. The molecule has 1 aliphatic carbocycles. The molecule has 9 nitrogen and oxygen atoms in total. The molecular weight excluding hydrogens is 699 g/mol. The van der Waals surface area contributed by atoms with Crippen LogP contribution in [0.1, 0.15) is 64.0 Å². The van der Waals surface area contributed by atoms with Crippen LogP contribution < -0.4 is 10.0 Å². The van der Waals surface area contributed by atoms with Gasteiger partial charge in [-0.25, -0.2) is 21.7 Å². The summed E-state index contributed by atoms with van der Waals surface area (Å²) < 4.78 is 66.9. The Balaban J connectivity index is 1.35. The van der Waals surface area contributed by atoms with Crippen LogP contribution in [0.5, 0.6) is 0 Å². The summed E-state index contributed by atoms with van der Waals surface area (Å²) in [5.74, 6) is -0.825. The van der Waals surface area contributed by atoms with Crippen molar-refractivity contribution in [2.75, 3.05) is 19.0 Å². The van der Waals surface area contributed by atoms with Crippen molar-refractivity contribution < 1.29 is 26.5 Å². The number of hydrogen-bond donors (Lipinski definition) is 2. The topological polar surface area (TPSA) is 118 Å². The third-order valence-corrected chi connectivity index (χ3v) is 13.3. The van der Waals surface area contributed by atoms with Gasteiger partial charge in [0.15, 0.2) is 0 Å². The number of rotatable bonds is 12. The van der Waals surface area contributed by atoms with E-state index in [1.54, 1.807) is 54.9 Å². The Morgan fingerprint density at radius 1 is 1.02 bits per heavy atom. The molecule has 50 heavy (non-hydrogen) atoms. The lowest BCUT2D eigenvalue weighted by Gasteiger charge is -2.38. The zero-order valence-electron chi connectivity index (χ0n) is 28.5. The molecule has 1 unspecified atom stereocenters. The molecule has 266 valence electrons. The second-order valence-electron chi connectivity index (χ2n) is 14.1. The molecule has 1 saturated carbocycles. The zero-order chi connectivity index (χ0) is 35.8. The van der Waals surface area contributed by atoms with E-state index in [4.69, 9.17) is 16.3 Å². The second-order valence-corrected chi connectivity index (χ2v) is 18.4. The molecule has 0 bridgehead atoms. The van der Waals surface area contributed by atoms with Crippen molar-refractivity contribution >= 4 is 55.0 Å². The number of pyridine rings is 1. The SMILES string of the molecule is CO[C@H]1C[C@H](C(=O)Nc2cc(C(CCC3CC3)(N[S@](=O)C(C)(C)C)c3ccncc3)ccc2F)N(S(=O)(=O)c2ccc3cc(Cl)ccc3c2)C1. The number of fused-ring (bicyclic) bond motifs is 1. The van der Waals surface area contributed by atoms with Gasteiger partial charge in [-0.15, -0.1) is 0 Å². The van der Waals surface area contributed by atoms with E-state index in [2.05, 4.69) is 15.0 Å². The number of hydrogen-bond acceptors (Lipinski definition) is 6. The highest BCUT2D eigenvalue weighted by molar-refractivity contribution is 7.89. The molecule has 1 aliphatic heterocycles. The molecule has 4 atom stereocenters. The molecule has 1 saturated heterocycles. The van der Waals surface area contributed by atoms with Gasteiger partial charge < -0.3 is 10.1 Å². The number of benzene rings is 3. The predicted octanol–water partition coefficient (Wildman–Crippen LogP) is 6.93. The molecule has 2 aliphatic rings. The van der Waals surface area contributed by atoms with Gasteiger partial charge in [-0.3, -0.25) is 9.78 Å². The first kappa shape index (κ1) is 36.5. The van der Waals surface area contributed by atoms with E-state index < -0.39 is 55.2 Å². The van der Waals surface area contributed by atoms with Crippen molar-refractivity contribution in [3.05, 3.63) is 101 Å². The van der Waals surface area contributed by atoms with Crippen molar-refractivity contribution in [1.82, 2.24) is 14.0 Å². The van der Waals surface area contributed by atoms with Gasteiger partial charge in [0, 0.05) is 37.5 Å². The highest BCUT2D eigenvalue weighted by Crippen LogP contribution is 2.43. The maximum absolute atomic E-state index is 15.6. The van der Waals surface area contributed by atoms with E-state index >= 15 is 4.39 Å². The fraction of sp³-hybridized carbons (Fsp3) is 0.405. The molecule has 4 aromatic rings. The number of anilines is 1. The summed E-state index contributed by atoms with van der Waals surface area (Å²) >= 11 is 6.12. The minimum Gasteiger partial charge on any atom is -0.380 e. The van der Waals surface area contributed by atoms with E-state index in [-0.39, 0.29) is 23.5 Å². The van der Waals surface area contributed by atoms with Gasteiger partial charge in [-0.1, -0.05) is 42.6 Å². The van der Waals surface area contributed by atoms with Crippen LogP contribution in [-0.2, 0) is 36.1 Å². The molecular formula is C37H42ClFN4O5S2. The molecule has 0 spiro atoms. The van der Waals surface area contributed by atoms with E-state index in [0.717, 1.165) is 34.5 Å². The van der Waals surface area contributed by atoms with E-state index in [1.165, 1.54) is 19.2 Å². The van der Waals surface area contributed by atoms with E-state index in [9.17, 15) is 17.4 Å². The number of ether oxygens (including phenoxy) is 1. The molecule has 1 aromatic heterocycles. The van der Waals surface area contributed by atoms with Crippen molar-refractivity contribution in [1.29, 1.82) is 0 Å². The molecule has 3 aromatic carbocycles. The number of halogens is 2. The summed E-state index contributed by atoms with van der Waals surface area (Å²) in [6.07, 6.45) is 6.54. The largest absolute Gasteiger partial charge is 0.380 e. The van der Waals surface area contributed by atoms with Crippen LogP contribution in [0, 0.1) is 11.7 Å². The van der Waals surface area contributed by atoms with Crippen LogP contribution in [0.25, 0.3) is 10.8 Å². The van der Waals surface area contributed by atoms with Crippen molar-refractivity contribution in [2.24, 2.45) is 5.92 Å². The second kappa shape index (κ2) is 14.4.